The maximum Gasteiger partial charge on any atom is -1.00 e. The predicted molar refractivity (Wildman–Crippen MR) is 176 cm³/mol. The fourth-order valence-corrected chi connectivity index (χ4v) is 15.9. The molecule has 222 valence electrons. The normalized spacial score (nSPS) is 16.0. The number of benzene rings is 4. The molecular formula is C40H44Cl2Zr. The Morgan fingerprint density at radius 2 is 1.44 bits per heavy atom. The van der Waals surface area contributed by atoms with Crippen molar-refractivity contribution in [2.45, 2.75) is 79.6 Å². The molecule has 0 fully saturated rings. The van der Waals surface area contributed by atoms with Crippen LogP contribution in [0.15, 0.2) is 93.3 Å². The molecule has 43 heavy (non-hydrogen) atoms. The molecule has 0 aliphatic heterocycles. The molecule has 2 aliphatic carbocycles. The smallest absolute Gasteiger partial charge is 1.00 e. The summed E-state index contributed by atoms with van der Waals surface area (Å²) < 4.78 is 6.27. The molecule has 1 unspecified atom stereocenters. The Morgan fingerprint density at radius 3 is 2.09 bits per heavy atom. The van der Waals surface area contributed by atoms with E-state index in [1.807, 2.05) is 0 Å². The second-order valence-corrected chi connectivity index (χ2v) is 19.7. The molecule has 4 aromatic rings. The third kappa shape index (κ3) is 6.12. The van der Waals surface area contributed by atoms with Crippen molar-refractivity contribution in [3.63, 3.8) is 0 Å². The minimum atomic E-state index is -2.62. The Bertz CT molecular complexity index is 1800. The third-order valence-electron chi connectivity index (χ3n) is 9.38. The van der Waals surface area contributed by atoms with Gasteiger partial charge in [-0.1, -0.05) is 0 Å². The zero-order valence-corrected chi connectivity index (χ0v) is 31.1. The van der Waals surface area contributed by atoms with Crippen LogP contribution in [0, 0.1) is 5.92 Å². The summed E-state index contributed by atoms with van der Waals surface area (Å²) in [5.74, 6) is 0.496. The van der Waals surface area contributed by atoms with Crippen LogP contribution in [0.3, 0.4) is 0 Å². The summed E-state index contributed by atoms with van der Waals surface area (Å²) in [4.78, 5) is 0. The van der Waals surface area contributed by atoms with Gasteiger partial charge in [-0.3, -0.25) is 0 Å². The molecule has 0 nitrogen and oxygen atoms in total. The molecule has 6 rings (SSSR count). The van der Waals surface area contributed by atoms with Crippen molar-refractivity contribution < 1.29 is 46.1 Å². The molecule has 0 N–H and O–H groups in total. The van der Waals surface area contributed by atoms with Crippen molar-refractivity contribution in [1.82, 2.24) is 0 Å². The number of fused-ring (bicyclic) bond motifs is 4. The van der Waals surface area contributed by atoms with Crippen LogP contribution in [0.25, 0.3) is 21.9 Å². The summed E-state index contributed by atoms with van der Waals surface area (Å²) in [5, 5.41) is 2.71. The van der Waals surface area contributed by atoms with E-state index in [1.165, 1.54) is 44.2 Å². The number of rotatable bonds is 3. The summed E-state index contributed by atoms with van der Waals surface area (Å²) in [7, 11) is 0. The average Bonchev–Trinajstić information content (AvgIpc) is 3.41. The molecule has 3 heteroatoms. The molecule has 0 spiro atoms. The van der Waals surface area contributed by atoms with Gasteiger partial charge in [-0.25, -0.2) is 0 Å². The van der Waals surface area contributed by atoms with Gasteiger partial charge in [0.05, 0.1) is 0 Å². The van der Waals surface area contributed by atoms with Crippen LogP contribution in [0.5, 0.6) is 0 Å². The van der Waals surface area contributed by atoms with Gasteiger partial charge in [0, 0.05) is 0 Å². The van der Waals surface area contributed by atoms with Crippen LogP contribution in [0.1, 0.15) is 90.1 Å². The first-order valence-corrected chi connectivity index (χ1v) is 19.1. The van der Waals surface area contributed by atoms with Crippen molar-refractivity contribution in [3.05, 3.63) is 121 Å². The molecule has 1 atom stereocenters. The Morgan fingerprint density at radius 1 is 0.767 bits per heavy atom. The fraction of sp³-hybridized carbons (Fsp3) is 0.325. The van der Waals surface area contributed by atoms with Gasteiger partial charge in [-0.15, -0.1) is 0 Å². The van der Waals surface area contributed by atoms with E-state index in [4.69, 9.17) is 0 Å². The predicted octanol–water partition coefficient (Wildman–Crippen LogP) is 3.98. The number of hydrogen-bond donors (Lipinski definition) is 0. The Hall–Kier alpha value is -2.05. The van der Waals surface area contributed by atoms with E-state index in [0.29, 0.717) is 5.92 Å². The molecule has 0 radical (unpaired) electrons. The monoisotopic (exact) mass is 684 g/mol. The minimum Gasteiger partial charge on any atom is -1.00 e. The average molecular weight is 687 g/mol. The molecule has 0 amide bonds. The van der Waals surface area contributed by atoms with Crippen LogP contribution in [0.2, 0.25) is 0 Å². The first-order valence-electron chi connectivity index (χ1n) is 15.2. The quantitative estimate of drug-likeness (QED) is 0.270. The van der Waals surface area contributed by atoms with Gasteiger partial charge < -0.3 is 24.8 Å². The number of hydrogen-bond acceptors (Lipinski definition) is 0. The van der Waals surface area contributed by atoms with E-state index in [9.17, 15) is 0 Å². The van der Waals surface area contributed by atoms with E-state index in [0.717, 1.165) is 6.42 Å². The second kappa shape index (κ2) is 12.4. The Labute approximate surface area is 279 Å². The molecule has 0 aromatic heterocycles. The molecule has 4 aromatic carbocycles. The largest absolute Gasteiger partial charge is 1.00 e. The summed E-state index contributed by atoms with van der Waals surface area (Å²) in [6.07, 6.45) is 3.57. The minimum absolute atomic E-state index is 0. The van der Waals surface area contributed by atoms with Crippen LogP contribution in [-0.4, -0.2) is 3.71 Å². The van der Waals surface area contributed by atoms with E-state index < -0.39 is 21.3 Å². The molecule has 0 bridgehead atoms. The second-order valence-electron chi connectivity index (χ2n) is 14.4. The van der Waals surface area contributed by atoms with E-state index in [2.05, 4.69) is 145 Å². The van der Waals surface area contributed by atoms with Crippen LogP contribution < -0.4 is 28.1 Å². The van der Waals surface area contributed by atoms with E-state index in [-0.39, 0.29) is 35.6 Å². The van der Waals surface area contributed by atoms with Crippen molar-refractivity contribution in [2.75, 3.05) is 0 Å². The van der Waals surface area contributed by atoms with Gasteiger partial charge >= 0.3 is 257 Å². The first-order chi connectivity index (χ1) is 19.3. The fourth-order valence-electron chi connectivity index (χ4n) is 7.08. The van der Waals surface area contributed by atoms with Crippen molar-refractivity contribution in [2.24, 2.45) is 5.92 Å². The maximum absolute atomic E-state index is 2.79. The zero-order chi connectivity index (χ0) is 29.3. The van der Waals surface area contributed by atoms with Gasteiger partial charge in [0.15, 0.2) is 0 Å². The molecule has 0 saturated carbocycles. The maximum atomic E-state index is 2.79. The molecule has 0 saturated heterocycles. The molecular weight excluding hydrogens is 643 g/mol. The molecule has 2 aliphatic rings. The van der Waals surface area contributed by atoms with Gasteiger partial charge in [0.2, 0.25) is 0 Å². The Balaban J connectivity index is 0.00000212. The van der Waals surface area contributed by atoms with Crippen molar-refractivity contribution in [1.29, 1.82) is 0 Å². The molecule has 0 heterocycles. The summed E-state index contributed by atoms with van der Waals surface area (Å²) >= 11 is -2.62. The topological polar surface area (TPSA) is 0 Å². The van der Waals surface area contributed by atoms with Crippen molar-refractivity contribution >= 4 is 17.8 Å². The van der Waals surface area contributed by atoms with E-state index in [1.54, 1.807) is 23.3 Å². The van der Waals surface area contributed by atoms with Crippen LogP contribution in [-0.2, 0) is 38.5 Å². The van der Waals surface area contributed by atoms with Gasteiger partial charge in [0.1, 0.15) is 0 Å². The van der Waals surface area contributed by atoms with Gasteiger partial charge in [-0.05, 0) is 0 Å². The SMILES string of the molecule is CC1=CC(C)[C](/[Zr+2](=[CH]/c2cccc3ccccc23)[c]2c(C(C)(C)C)ccc3c2Cc2cc(C(C)(C)C)ccc2-3)=C1C.[Cl-].[Cl-]. The van der Waals surface area contributed by atoms with E-state index >= 15 is 0 Å². The van der Waals surface area contributed by atoms with Gasteiger partial charge in [0.25, 0.3) is 0 Å². The van der Waals surface area contributed by atoms with Crippen LogP contribution in [0.4, 0.5) is 0 Å². The summed E-state index contributed by atoms with van der Waals surface area (Å²) in [6, 6.07) is 28.0. The summed E-state index contributed by atoms with van der Waals surface area (Å²) in [6.45, 7) is 21.4. The zero-order valence-electron chi connectivity index (χ0n) is 27.1. The number of halogens is 2. The summed E-state index contributed by atoms with van der Waals surface area (Å²) in [5.41, 5.74) is 13.7. The van der Waals surface area contributed by atoms with Crippen LogP contribution >= 0.6 is 0 Å². The Kier molecular flexibility index (Phi) is 9.75. The third-order valence-corrected chi connectivity index (χ3v) is 17.1. The van der Waals surface area contributed by atoms with Crippen molar-refractivity contribution in [3.8, 4) is 11.1 Å². The number of allylic oxidation sites excluding steroid dienone is 4. The first kappa shape index (κ1) is 33.8. The van der Waals surface area contributed by atoms with Gasteiger partial charge in [-0.2, -0.15) is 0 Å². The standard InChI is InChI=1S/C21H25.C11H8.C8H11.2ClH.Zr/c1-20(2,3)16-7-9-18-14(12-16)11-15-13-17(21(4,5)6)8-10-19(15)18;1-9-5-4-7-10-6-2-3-8-11(9)10;1-6-4-7(2)8(3)5-6;;;/h7-10,12H,11H2,1-6H3;1-8H;4,6H,1-3H3;2*1H;/q;;;;;+2/p-2.